The van der Waals surface area contributed by atoms with Crippen LogP contribution < -0.4 is 5.32 Å². The lowest BCUT2D eigenvalue weighted by molar-refractivity contribution is 0.166. The molecule has 0 aliphatic carbocycles. The number of nitrogens with one attached hydrogen (secondary N) is 1. The largest absolute Gasteiger partial charge is 0.314 e. The van der Waals surface area contributed by atoms with E-state index in [0.29, 0.717) is 6.04 Å². The van der Waals surface area contributed by atoms with Crippen molar-refractivity contribution < 1.29 is 0 Å². The van der Waals surface area contributed by atoms with E-state index in [-0.39, 0.29) is 24.8 Å². The minimum atomic E-state index is 0. The molecule has 1 aliphatic rings. The van der Waals surface area contributed by atoms with Gasteiger partial charge in [-0.25, -0.2) is 0 Å². The standard InChI is InChI=1S/C13H20N2S.2ClH/c1-2-3-4-13(12-5-10-16-11-12)15-8-6-14-7-9-15;;/h2,5,10-11,13-14H,1,3-4,6-9H2;2*1H/t13-;;/m0../s1. The van der Waals surface area contributed by atoms with Crippen molar-refractivity contribution in [1.82, 2.24) is 10.2 Å². The maximum Gasteiger partial charge on any atom is 0.0360 e. The second-order valence-corrected chi connectivity index (χ2v) is 5.00. The van der Waals surface area contributed by atoms with Gasteiger partial charge in [-0.3, -0.25) is 4.90 Å². The van der Waals surface area contributed by atoms with E-state index in [1.165, 1.54) is 12.0 Å². The third-order valence-electron chi connectivity index (χ3n) is 3.16. The van der Waals surface area contributed by atoms with Crippen molar-refractivity contribution in [2.75, 3.05) is 26.2 Å². The van der Waals surface area contributed by atoms with Gasteiger partial charge in [-0.15, -0.1) is 31.4 Å². The third-order valence-corrected chi connectivity index (χ3v) is 3.87. The smallest absolute Gasteiger partial charge is 0.0360 e. The predicted octanol–water partition coefficient (Wildman–Crippen LogP) is 3.50. The van der Waals surface area contributed by atoms with Gasteiger partial charge < -0.3 is 5.32 Å². The van der Waals surface area contributed by atoms with Gasteiger partial charge in [0, 0.05) is 32.2 Å². The normalized spacial score (nSPS) is 17.3. The SMILES string of the molecule is C=CCC[C@@H](c1ccsc1)N1CCNCC1.Cl.Cl. The van der Waals surface area contributed by atoms with Crippen molar-refractivity contribution >= 4 is 36.2 Å². The first-order chi connectivity index (χ1) is 7.92. The van der Waals surface area contributed by atoms with Gasteiger partial charge in [0.25, 0.3) is 0 Å². The number of thiophene rings is 1. The molecule has 0 saturated carbocycles. The van der Waals surface area contributed by atoms with Crippen molar-refractivity contribution in [2.45, 2.75) is 18.9 Å². The highest BCUT2D eigenvalue weighted by atomic mass is 35.5. The Morgan fingerprint density at radius 2 is 2.11 bits per heavy atom. The topological polar surface area (TPSA) is 15.3 Å². The number of rotatable bonds is 5. The Bertz CT molecular complexity index is 311. The molecule has 0 spiro atoms. The van der Waals surface area contributed by atoms with Crippen LogP contribution in [-0.2, 0) is 0 Å². The molecule has 2 rings (SSSR count). The molecule has 1 saturated heterocycles. The average Bonchev–Trinajstić information content (AvgIpc) is 2.85. The molecular weight excluding hydrogens is 287 g/mol. The Balaban J connectivity index is 0.00000144. The summed E-state index contributed by atoms with van der Waals surface area (Å²) >= 11 is 1.80. The zero-order chi connectivity index (χ0) is 11.2. The molecule has 5 heteroatoms. The maximum atomic E-state index is 3.83. The Morgan fingerprint density at radius 3 is 2.67 bits per heavy atom. The van der Waals surface area contributed by atoms with E-state index >= 15 is 0 Å². The second kappa shape index (κ2) is 9.82. The Kier molecular flexibility index (Phi) is 9.78. The van der Waals surface area contributed by atoms with Crippen LogP contribution in [0.2, 0.25) is 0 Å². The highest BCUT2D eigenvalue weighted by molar-refractivity contribution is 7.07. The minimum Gasteiger partial charge on any atom is -0.314 e. The molecule has 104 valence electrons. The molecule has 1 atom stereocenters. The van der Waals surface area contributed by atoms with Crippen LogP contribution in [0.25, 0.3) is 0 Å². The van der Waals surface area contributed by atoms with E-state index in [4.69, 9.17) is 0 Å². The quantitative estimate of drug-likeness (QED) is 0.838. The molecule has 1 N–H and O–H groups in total. The summed E-state index contributed by atoms with van der Waals surface area (Å²) in [6.07, 6.45) is 4.33. The Morgan fingerprint density at radius 1 is 1.39 bits per heavy atom. The Labute approximate surface area is 126 Å². The van der Waals surface area contributed by atoms with Gasteiger partial charge in [0.05, 0.1) is 0 Å². The molecule has 18 heavy (non-hydrogen) atoms. The number of hydrogen-bond donors (Lipinski definition) is 1. The van der Waals surface area contributed by atoms with Crippen LogP contribution in [0, 0.1) is 0 Å². The number of nitrogens with zero attached hydrogens (tertiary/aromatic N) is 1. The molecule has 1 aromatic rings. The molecule has 1 aliphatic heterocycles. The van der Waals surface area contributed by atoms with E-state index in [0.717, 1.165) is 32.6 Å². The summed E-state index contributed by atoms with van der Waals surface area (Å²) < 4.78 is 0. The van der Waals surface area contributed by atoms with Crippen molar-refractivity contribution in [3.63, 3.8) is 0 Å². The highest BCUT2D eigenvalue weighted by Crippen LogP contribution is 2.27. The van der Waals surface area contributed by atoms with Gasteiger partial charge in [-0.1, -0.05) is 6.08 Å². The lowest BCUT2D eigenvalue weighted by atomic mass is 10.0. The van der Waals surface area contributed by atoms with Gasteiger partial charge in [-0.2, -0.15) is 11.3 Å². The van der Waals surface area contributed by atoms with E-state index in [9.17, 15) is 0 Å². The van der Waals surface area contributed by atoms with E-state index in [1.54, 1.807) is 11.3 Å². The summed E-state index contributed by atoms with van der Waals surface area (Å²) in [5.74, 6) is 0. The minimum absolute atomic E-state index is 0. The molecular formula is C13H22Cl2N2S. The zero-order valence-electron chi connectivity index (χ0n) is 10.5. The first-order valence-electron chi connectivity index (χ1n) is 5.99. The first kappa shape index (κ1) is 17.9. The van der Waals surface area contributed by atoms with Gasteiger partial charge in [-0.05, 0) is 35.2 Å². The molecule has 0 aromatic carbocycles. The van der Waals surface area contributed by atoms with Crippen molar-refractivity contribution in [3.05, 3.63) is 35.0 Å². The fourth-order valence-electron chi connectivity index (χ4n) is 2.29. The van der Waals surface area contributed by atoms with Gasteiger partial charge >= 0.3 is 0 Å². The molecule has 2 heterocycles. The third kappa shape index (κ3) is 4.90. The second-order valence-electron chi connectivity index (χ2n) is 4.22. The summed E-state index contributed by atoms with van der Waals surface area (Å²) in [7, 11) is 0. The van der Waals surface area contributed by atoms with Crippen LogP contribution >= 0.6 is 36.2 Å². The average molecular weight is 309 g/mol. The first-order valence-corrected chi connectivity index (χ1v) is 6.94. The van der Waals surface area contributed by atoms with Crippen LogP contribution in [-0.4, -0.2) is 31.1 Å². The summed E-state index contributed by atoms with van der Waals surface area (Å²) in [4.78, 5) is 2.60. The lowest BCUT2D eigenvalue weighted by Crippen LogP contribution is -2.45. The Hall–Kier alpha value is -0.0600. The summed E-state index contributed by atoms with van der Waals surface area (Å²) in [5, 5.41) is 7.88. The van der Waals surface area contributed by atoms with Gasteiger partial charge in [0.15, 0.2) is 0 Å². The van der Waals surface area contributed by atoms with Crippen LogP contribution in [0.5, 0.6) is 0 Å². The number of hydrogen-bond acceptors (Lipinski definition) is 3. The molecule has 0 bridgehead atoms. The number of piperazine rings is 1. The van der Waals surface area contributed by atoms with Crippen LogP contribution in [0.4, 0.5) is 0 Å². The highest BCUT2D eigenvalue weighted by Gasteiger charge is 2.21. The van der Waals surface area contributed by atoms with Crippen molar-refractivity contribution in [3.8, 4) is 0 Å². The summed E-state index contributed by atoms with van der Waals surface area (Å²) in [6.45, 7) is 8.40. The lowest BCUT2D eigenvalue weighted by Gasteiger charge is -2.34. The number of allylic oxidation sites excluding steroid dienone is 1. The molecule has 2 nitrogen and oxygen atoms in total. The van der Waals surface area contributed by atoms with E-state index < -0.39 is 0 Å². The zero-order valence-corrected chi connectivity index (χ0v) is 13.0. The summed E-state index contributed by atoms with van der Waals surface area (Å²) in [5.41, 5.74) is 1.48. The molecule has 0 unspecified atom stereocenters. The van der Waals surface area contributed by atoms with Gasteiger partial charge in [0.2, 0.25) is 0 Å². The van der Waals surface area contributed by atoms with E-state index in [2.05, 4.69) is 33.6 Å². The molecule has 0 radical (unpaired) electrons. The van der Waals surface area contributed by atoms with Crippen molar-refractivity contribution in [2.24, 2.45) is 0 Å². The van der Waals surface area contributed by atoms with Crippen LogP contribution in [0.3, 0.4) is 0 Å². The number of halogens is 2. The predicted molar refractivity (Wildman–Crippen MR) is 85.4 cm³/mol. The van der Waals surface area contributed by atoms with E-state index in [1.807, 2.05) is 6.08 Å². The van der Waals surface area contributed by atoms with Gasteiger partial charge in [0.1, 0.15) is 0 Å². The van der Waals surface area contributed by atoms with Crippen LogP contribution in [0.15, 0.2) is 29.5 Å². The fraction of sp³-hybridized carbons (Fsp3) is 0.538. The molecule has 1 aromatic heterocycles. The molecule has 1 fully saturated rings. The fourth-order valence-corrected chi connectivity index (χ4v) is 3.00. The van der Waals surface area contributed by atoms with Crippen LogP contribution in [0.1, 0.15) is 24.4 Å². The molecule has 0 amide bonds. The monoisotopic (exact) mass is 308 g/mol. The summed E-state index contributed by atoms with van der Waals surface area (Å²) in [6, 6.07) is 2.85. The maximum absolute atomic E-state index is 3.83. The van der Waals surface area contributed by atoms with Crippen molar-refractivity contribution in [1.29, 1.82) is 0 Å².